The van der Waals surface area contributed by atoms with Gasteiger partial charge in [0.1, 0.15) is 0 Å². The number of hydrogen-bond acceptors (Lipinski definition) is 0. The van der Waals surface area contributed by atoms with Crippen molar-refractivity contribution < 1.29 is 0 Å². The standard InChI is InChI=1S/C14H22/c1-13-11-9-7-5-3-4-6-8-10-12-14(13)2/h5-8H,3-4,9-12H2,1-2H3/b7-5-,8-6-,14-13-. The highest BCUT2D eigenvalue weighted by molar-refractivity contribution is 5.11. The molecule has 0 saturated heterocycles. The molecule has 78 valence electrons. The highest BCUT2D eigenvalue weighted by Crippen LogP contribution is 2.16. The molecule has 0 heteroatoms. The van der Waals surface area contributed by atoms with Crippen LogP contribution in [0.25, 0.3) is 0 Å². The molecule has 0 bridgehead atoms. The SMILES string of the molecule is C/C1=C(\C)CC/C=C\CC/C=C\CC1. The minimum Gasteiger partial charge on any atom is -0.0882 e. The van der Waals surface area contributed by atoms with Gasteiger partial charge in [-0.3, -0.25) is 0 Å². The van der Waals surface area contributed by atoms with Crippen molar-refractivity contribution in [1.82, 2.24) is 0 Å². The second-order valence-electron chi connectivity index (χ2n) is 4.16. The Balaban J connectivity index is 2.56. The van der Waals surface area contributed by atoms with E-state index in [2.05, 4.69) is 38.2 Å². The Labute approximate surface area is 88.4 Å². The van der Waals surface area contributed by atoms with Crippen molar-refractivity contribution in [2.75, 3.05) is 0 Å². The Kier molecular flexibility index (Phi) is 5.36. The summed E-state index contributed by atoms with van der Waals surface area (Å²) in [6.07, 6.45) is 16.6. The molecule has 0 aliphatic heterocycles. The van der Waals surface area contributed by atoms with Gasteiger partial charge in [0.05, 0.1) is 0 Å². The summed E-state index contributed by atoms with van der Waals surface area (Å²) in [6.45, 7) is 4.55. The molecule has 1 aliphatic rings. The van der Waals surface area contributed by atoms with Crippen molar-refractivity contribution in [3.05, 3.63) is 35.5 Å². The van der Waals surface area contributed by atoms with Crippen LogP contribution in [-0.4, -0.2) is 0 Å². The first-order chi connectivity index (χ1) is 6.80. The lowest BCUT2D eigenvalue weighted by molar-refractivity contribution is 0.879. The van der Waals surface area contributed by atoms with E-state index in [9.17, 15) is 0 Å². The number of allylic oxidation sites excluding steroid dienone is 6. The van der Waals surface area contributed by atoms with Crippen LogP contribution in [0.3, 0.4) is 0 Å². The molecule has 14 heavy (non-hydrogen) atoms. The highest BCUT2D eigenvalue weighted by Gasteiger charge is 1.96. The van der Waals surface area contributed by atoms with Crippen molar-refractivity contribution in [3.8, 4) is 0 Å². The fourth-order valence-electron chi connectivity index (χ4n) is 1.69. The van der Waals surface area contributed by atoms with Crippen LogP contribution < -0.4 is 0 Å². The van der Waals surface area contributed by atoms with Crippen LogP contribution in [0.4, 0.5) is 0 Å². The molecule has 0 heterocycles. The first-order valence-electron chi connectivity index (χ1n) is 5.76. The second kappa shape index (κ2) is 6.64. The summed E-state index contributed by atoms with van der Waals surface area (Å²) in [5.74, 6) is 0. The van der Waals surface area contributed by atoms with Gasteiger partial charge in [0.25, 0.3) is 0 Å². The summed E-state index contributed by atoms with van der Waals surface area (Å²) in [4.78, 5) is 0. The summed E-state index contributed by atoms with van der Waals surface area (Å²) in [5.41, 5.74) is 3.17. The van der Waals surface area contributed by atoms with Gasteiger partial charge >= 0.3 is 0 Å². The summed E-state index contributed by atoms with van der Waals surface area (Å²) < 4.78 is 0. The van der Waals surface area contributed by atoms with Crippen LogP contribution in [0.5, 0.6) is 0 Å². The average molecular weight is 190 g/mol. The Morgan fingerprint density at radius 1 is 0.643 bits per heavy atom. The molecule has 0 spiro atoms. The molecule has 0 aromatic heterocycles. The van der Waals surface area contributed by atoms with E-state index >= 15 is 0 Å². The molecule has 0 saturated carbocycles. The lowest BCUT2D eigenvalue weighted by Crippen LogP contribution is -1.85. The van der Waals surface area contributed by atoms with E-state index in [-0.39, 0.29) is 0 Å². The summed E-state index contributed by atoms with van der Waals surface area (Å²) in [5, 5.41) is 0. The van der Waals surface area contributed by atoms with Crippen LogP contribution in [0, 0.1) is 0 Å². The van der Waals surface area contributed by atoms with E-state index in [1.165, 1.54) is 38.5 Å². The van der Waals surface area contributed by atoms with Gasteiger partial charge in [0.2, 0.25) is 0 Å². The molecular weight excluding hydrogens is 168 g/mol. The zero-order valence-corrected chi connectivity index (χ0v) is 9.55. The molecule has 0 nitrogen and oxygen atoms in total. The molecule has 0 radical (unpaired) electrons. The van der Waals surface area contributed by atoms with E-state index in [1.54, 1.807) is 11.1 Å². The Morgan fingerprint density at radius 3 is 1.43 bits per heavy atom. The van der Waals surface area contributed by atoms with Crippen LogP contribution in [0.15, 0.2) is 35.5 Å². The zero-order chi connectivity index (χ0) is 10.2. The lowest BCUT2D eigenvalue weighted by Gasteiger charge is -2.06. The number of rotatable bonds is 0. The first-order valence-corrected chi connectivity index (χ1v) is 5.76. The molecule has 1 rings (SSSR count). The zero-order valence-electron chi connectivity index (χ0n) is 9.55. The minimum atomic E-state index is 1.21. The first kappa shape index (κ1) is 11.3. The van der Waals surface area contributed by atoms with Crippen LogP contribution in [0.1, 0.15) is 52.4 Å². The van der Waals surface area contributed by atoms with E-state index < -0.39 is 0 Å². The lowest BCUT2D eigenvalue weighted by atomic mass is 10.0. The monoisotopic (exact) mass is 190 g/mol. The largest absolute Gasteiger partial charge is 0.0882 e. The van der Waals surface area contributed by atoms with Gasteiger partial charge in [-0.1, -0.05) is 35.5 Å². The van der Waals surface area contributed by atoms with Gasteiger partial charge in [-0.2, -0.15) is 0 Å². The molecule has 0 amide bonds. The summed E-state index contributed by atoms with van der Waals surface area (Å²) in [6, 6.07) is 0. The van der Waals surface area contributed by atoms with Gasteiger partial charge in [-0.05, 0) is 52.4 Å². The molecule has 0 aromatic carbocycles. The predicted molar refractivity (Wildman–Crippen MR) is 64.4 cm³/mol. The predicted octanol–water partition coefficient (Wildman–Crippen LogP) is 4.79. The van der Waals surface area contributed by atoms with Gasteiger partial charge in [-0.25, -0.2) is 0 Å². The minimum absolute atomic E-state index is 1.21. The third-order valence-corrected chi connectivity index (χ3v) is 2.93. The van der Waals surface area contributed by atoms with Crippen molar-refractivity contribution in [2.24, 2.45) is 0 Å². The Bertz CT molecular complexity index is 215. The molecule has 0 N–H and O–H groups in total. The third-order valence-electron chi connectivity index (χ3n) is 2.93. The normalized spacial score (nSPS) is 30.1. The van der Waals surface area contributed by atoms with Crippen LogP contribution in [0.2, 0.25) is 0 Å². The fourth-order valence-corrected chi connectivity index (χ4v) is 1.69. The maximum atomic E-state index is 2.33. The third kappa shape index (κ3) is 4.45. The Morgan fingerprint density at radius 2 is 1.00 bits per heavy atom. The highest BCUT2D eigenvalue weighted by atomic mass is 14.0. The topological polar surface area (TPSA) is 0 Å². The molecular formula is C14H22. The smallest absolute Gasteiger partial charge is 0.0286 e. The molecule has 1 aliphatic carbocycles. The van der Waals surface area contributed by atoms with E-state index in [0.29, 0.717) is 0 Å². The van der Waals surface area contributed by atoms with Gasteiger partial charge in [0, 0.05) is 0 Å². The van der Waals surface area contributed by atoms with Crippen LogP contribution in [-0.2, 0) is 0 Å². The summed E-state index contributed by atoms with van der Waals surface area (Å²) in [7, 11) is 0. The fraction of sp³-hybridized carbons (Fsp3) is 0.571. The second-order valence-corrected chi connectivity index (χ2v) is 4.16. The van der Waals surface area contributed by atoms with Crippen molar-refractivity contribution >= 4 is 0 Å². The average Bonchev–Trinajstić information content (AvgIpc) is 2.18. The van der Waals surface area contributed by atoms with E-state index in [0.717, 1.165) is 0 Å². The molecule has 0 unspecified atom stereocenters. The number of hydrogen-bond donors (Lipinski definition) is 0. The van der Waals surface area contributed by atoms with Crippen LogP contribution >= 0.6 is 0 Å². The van der Waals surface area contributed by atoms with E-state index in [1.807, 2.05) is 0 Å². The Hall–Kier alpha value is -0.780. The van der Waals surface area contributed by atoms with E-state index in [4.69, 9.17) is 0 Å². The van der Waals surface area contributed by atoms with Crippen molar-refractivity contribution in [1.29, 1.82) is 0 Å². The molecule has 0 fully saturated rings. The summed E-state index contributed by atoms with van der Waals surface area (Å²) >= 11 is 0. The van der Waals surface area contributed by atoms with Crippen molar-refractivity contribution in [2.45, 2.75) is 52.4 Å². The van der Waals surface area contributed by atoms with Gasteiger partial charge in [0.15, 0.2) is 0 Å². The quantitative estimate of drug-likeness (QED) is 0.482. The maximum Gasteiger partial charge on any atom is -0.0286 e. The van der Waals surface area contributed by atoms with Gasteiger partial charge in [-0.15, -0.1) is 0 Å². The maximum absolute atomic E-state index is 2.33. The molecule has 0 aromatic rings. The van der Waals surface area contributed by atoms with Crippen molar-refractivity contribution in [3.63, 3.8) is 0 Å². The van der Waals surface area contributed by atoms with Gasteiger partial charge < -0.3 is 0 Å². The molecule has 0 atom stereocenters.